The number of carboxylic acids is 1. The predicted molar refractivity (Wildman–Crippen MR) is 73.6 cm³/mol. The number of carbonyl (C=O) groups is 2. The van der Waals surface area contributed by atoms with Crippen LogP contribution in [0.4, 0.5) is 10.5 Å². The number of H-pyrrole nitrogens is 1. The number of carboxylic acid groups (broad SMARTS) is 1. The van der Waals surface area contributed by atoms with E-state index in [0.29, 0.717) is 23.8 Å². The fourth-order valence-electron chi connectivity index (χ4n) is 1.62. The van der Waals surface area contributed by atoms with Crippen LogP contribution in [0.2, 0.25) is 0 Å². The Morgan fingerprint density at radius 1 is 1.47 bits per heavy atom. The standard InChI is InChI=1S/C13H21N3O3/c1-8(2)5-6-16(4)13(19)15-10-7-9(3)14-11(10)12(17)18/h7-8,14H,5-6H2,1-4H3,(H,15,19)(H,17,18). The largest absolute Gasteiger partial charge is 0.477 e. The van der Waals surface area contributed by atoms with Crippen molar-refractivity contribution in [3.05, 3.63) is 17.5 Å². The maximum Gasteiger partial charge on any atom is 0.354 e. The van der Waals surface area contributed by atoms with Gasteiger partial charge < -0.3 is 20.3 Å². The first kappa shape index (κ1) is 15.1. The molecule has 6 nitrogen and oxygen atoms in total. The summed E-state index contributed by atoms with van der Waals surface area (Å²) in [5, 5.41) is 11.6. The smallest absolute Gasteiger partial charge is 0.354 e. The van der Waals surface area contributed by atoms with E-state index in [-0.39, 0.29) is 11.7 Å². The molecule has 0 fully saturated rings. The Balaban J connectivity index is 2.68. The van der Waals surface area contributed by atoms with Gasteiger partial charge in [0.2, 0.25) is 0 Å². The van der Waals surface area contributed by atoms with Crippen molar-refractivity contribution in [3.63, 3.8) is 0 Å². The third-order valence-corrected chi connectivity index (χ3v) is 2.80. The fourth-order valence-corrected chi connectivity index (χ4v) is 1.62. The van der Waals surface area contributed by atoms with Crippen LogP contribution in [0.5, 0.6) is 0 Å². The summed E-state index contributed by atoms with van der Waals surface area (Å²) in [7, 11) is 1.69. The molecule has 1 aromatic heterocycles. The van der Waals surface area contributed by atoms with Gasteiger partial charge in [0.15, 0.2) is 0 Å². The Morgan fingerprint density at radius 3 is 2.63 bits per heavy atom. The quantitative estimate of drug-likeness (QED) is 0.766. The van der Waals surface area contributed by atoms with Crippen molar-refractivity contribution >= 4 is 17.7 Å². The molecule has 0 radical (unpaired) electrons. The van der Waals surface area contributed by atoms with Crippen LogP contribution in [0.3, 0.4) is 0 Å². The molecule has 0 atom stereocenters. The topological polar surface area (TPSA) is 85.4 Å². The second-order valence-electron chi connectivity index (χ2n) is 5.08. The number of nitrogens with one attached hydrogen (secondary N) is 2. The molecule has 19 heavy (non-hydrogen) atoms. The average Bonchev–Trinajstić information content (AvgIpc) is 2.67. The summed E-state index contributed by atoms with van der Waals surface area (Å²) in [6, 6.07) is 1.31. The molecule has 0 saturated carbocycles. The maximum absolute atomic E-state index is 11.9. The van der Waals surface area contributed by atoms with Gasteiger partial charge in [0.05, 0.1) is 5.69 Å². The third-order valence-electron chi connectivity index (χ3n) is 2.80. The van der Waals surface area contributed by atoms with Crippen LogP contribution in [0.25, 0.3) is 0 Å². The highest BCUT2D eigenvalue weighted by Gasteiger charge is 2.17. The summed E-state index contributed by atoms with van der Waals surface area (Å²) in [6.07, 6.45) is 0.905. The number of anilines is 1. The summed E-state index contributed by atoms with van der Waals surface area (Å²) >= 11 is 0. The predicted octanol–water partition coefficient (Wildman–Crippen LogP) is 2.53. The zero-order chi connectivity index (χ0) is 14.6. The first-order valence-corrected chi connectivity index (χ1v) is 6.26. The highest BCUT2D eigenvalue weighted by atomic mass is 16.4. The summed E-state index contributed by atoms with van der Waals surface area (Å²) in [4.78, 5) is 27.2. The van der Waals surface area contributed by atoms with Gasteiger partial charge in [-0.3, -0.25) is 0 Å². The molecule has 0 spiro atoms. The van der Waals surface area contributed by atoms with Gasteiger partial charge in [0.1, 0.15) is 5.69 Å². The molecule has 1 aromatic rings. The molecule has 0 saturated heterocycles. The number of urea groups is 1. The number of aryl methyl sites for hydroxylation is 1. The van der Waals surface area contributed by atoms with Crippen molar-refractivity contribution in [2.45, 2.75) is 27.2 Å². The molecular formula is C13H21N3O3. The molecule has 1 heterocycles. The zero-order valence-electron chi connectivity index (χ0n) is 11.8. The molecule has 2 amide bonds. The van der Waals surface area contributed by atoms with E-state index in [1.54, 1.807) is 24.9 Å². The lowest BCUT2D eigenvalue weighted by molar-refractivity contribution is 0.0692. The summed E-state index contributed by atoms with van der Waals surface area (Å²) in [5.74, 6) is -0.576. The molecule has 0 bridgehead atoms. The second kappa shape index (κ2) is 6.26. The Bertz CT molecular complexity index is 466. The van der Waals surface area contributed by atoms with Crippen molar-refractivity contribution in [3.8, 4) is 0 Å². The van der Waals surface area contributed by atoms with E-state index < -0.39 is 5.97 Å². The summed E-state index contributed by atoms with van der Waals surface area (Å²) < 4.78 is 0. The van der Waals surface area contributed by atoms with Crippen LogP contribution in [0.15, 0.2) is 6.07 Å². The Labute approximate surface area is 112 Å². The fraction of sp³-hybridized carbons (Fsp3) is 0.538. The van der Waals surface area contributed by atoms with Crippen LogP contribution in [0, 0.1) is 12.8 Å². The maximum atomic E-state index is 11.9. The van der Waals surface area contributed by atoms with Crippen LogP contribution in [-0.2, 0) is 0 Å². The van der Waals surface area contributed by atoms with Crippen molar-refractivity contribution in [1.82, 2.24) is 9.88 Å². The van der Waals surface area contributed by atoms with E-state index in [1.807, 2.05) is 0 Å². The molecule has 6 heteroatoms. The minimum absolute atomic E-state index is 0.00288. The van der Waals surface area contributed by atoms with Gasteiger partial charge in [-0.25, -0.2) is 9.59 Å². The van der Waals surface area contributed by atoms with Crippen LogP contribution in [-0.4, -0.2) is 40.6 Å². The number of hydrogen-bond acceptors (Lipinski definition) is 2. The lowest BCUT2D eigenvalue weighted by atomic mass is 10.1. The zero-order valence-corrected chi connectivity index (χ0v) is 11.8. The van der Waals surface area contributed by atoms with Crippen LogP contribution in [0.1, 0.15) is 36.5 Å². The van der Waals surface area contributed by atoms with Gasteiger partial charge in [-0.1, -0.05) is 13.8 Å². The number of amides is 2. The number of rotatable bonds is 5. The molecule has 0 aromatic carbocycles. The van der Waals surface area contributed by atoms with Crippen LogP contribution >= 0.6 is 0 Å². The number of nitrogens with zero attached hydrogens (tertiary/aromatic N) is 1. The van der Waals surface area contributed by atoms with Crippen LogP contribution < -0.4 is 5.32 Å². The van der Waals surface area contributed by atoms with Gasteiger partial charge >= 0.3 is 12.0 Å². The minimum atomic E-state index is -1.09. The van der Waals surface area contributed by atoms with E-state index in [9.17, 15) is 9.59 Å². The molecule has 0 aliphatic heterocycles. The lowest BCUT2D eigenvalue weighted by Crippen LogP contribution is -2.33. The van der Waals surface area contributed by atoms with Crippen molar-refractivity contribution in [2.75, 3.05) is 18.9 Å². The van der Waals surface area contributed by atoms with Gasteiger partial charge in [-0.15, -0.1) is 0 Å². The molecule has 0 aliphatic carbocycles. The number of aromatic carboxylic acids is 1. The highest BCUT2D eigenvalue weighted by molar-refractivity contribution is 5.99. The average molecular weight is 267 g/mol. The van der Waals surface area contributed by atoms with Crippen molar-refractivity contribution in [1.29, 1.82) is 0 Å². The third kappa shape index (κ3) is 4.31. The van der Waals surface area contributed by atoms with E-state index in [2.05, 4.69) is 24.1 Å². The lowest BCUT2D eigenvalue weighted by Gasteiger charge is -2.18. The molecule has 0 unspecified atom stereocenters. The van der Waals surface area contributed by atoms with E-state index in [1.165, 1.54) is 0 Å². The van der Waals surface area contributed by atoms with E-state index >= 15 is 0 Å². The van der Waals surface area contributed by atoms with Crippen molar-refractivity contribution in [2.24, 2.45) is 5.92 Å². The number of aromatic amines is 1. The first-order chi connectivity index (χ1) is 8.81. The molecular weight excluding hydrogens is 246 g/mol. The Hall–Kier alpha value is -1.98. The highest BCUT2D eigenvalue weighted by Crippen LogP contribution is 2.17. The normalized spacial score (nSPS) is 10.6. The summed E-state index contributed by atoms with van der Waals surface area (Å²) in [5.41, 5.74) is 0.993. The first-order valence-electron chi connectivity index (χ1n) is 6.26. The molecule has 1 rings (SSSR count). The monoisotopic (exact) mass is 267 g/mol. The Morgan fingerprint density at radius 2 is 2.11 bits per heavy atom. The number of hydrogen-bond donors (Lipinski definition) is 3. The van der Waals surface area contributed by atoms with E-state index in [0.717, 1.165) is 6.42 Å². The molecule has 106 valence electrons. The minimum Gasteiger partial charge on any atom is -0.477 e. The number of carbonyl (C=O) groups excluding carboxylic acids is 1. The summed E-state index contributed by atoms with van der Waals surface area (Å²) in [6.45, 7) is 6.55. The Kier molecular flexibility index (Phi) is 4.97. The van der Waals surface area contributed by atoms with E-state index in [4.69, 9.17) is 5.11 Å². The van der Waals surface area contributed by atoms with Gasteiger partial charge in [0, 0.05) is 19.3 Å². The van der Waals surface area contributed by atoms with Gasteiger partial charge in [-0.05, 0) is 25.3 Å². The van der Waals surface area contributed by atoms with Gasteiger partial charge in [-0.2, -0.15) is 0 Å². The number of aromatic nitrogens is 1. The second-order valence-corrected chi connectivity index (χ2v) is 5.08. The van der Waals surface area contributed by atoms with Gasteiger partial charge in [0.25, 0.3) is 0 Å². The SMILES string of the molecule is Cc1cc(NC(=O)N(C)CCC(C)C)c(C(=O)O)[nH]1. The molecule has 0 aliphatic rings. The molecule has 3 N–H and O–H groups in total. The van der Waals surface area contributed by atoms with Crippen molar-refractivity contribution < 1.29 is 14.7 Å².